The van der Waals surface area contributed by atoms with E-state index in [0.717, 1.165) is 0 Å². The Morgan fingerprint density at radius 2 is 2.10 bits per heavy atom. The summed E-state index contributed by atoms with van der Waals surface area (Å²) in [5.41, 5.74) is -3.89. The average Bonchev–Trinajstić information content (AvgIpc) is 2.64. The van der Waals surface area contributed by atoms with Crippen LogP contribution in [-0.2, 0) is 23.8 Å². The number of terminal acetylenes is 1. The molecular weight excluding hydrogens is 276 g/mol. The fourth-order valence-electron chi connectivity index (χ4n) is 4.60. The number of Topliss-reactive ketones (excluding diaryl/α,β-unsaturated/α-hetero) is 1. The molecule has 0 aromatic rings. The zero-order valence-corrected chi connectivity index (χ0v) is 11.8. The molecular formula is C15H16O6. The van der Waals surface area contributed by atoms with Gasteiger partial charge in [0.05, 0.1) is 18.4 Å². The molecule has 1 unspecified atom stereocenters. The maximum atomic E-state index is 12.7. The Kier molecular flexibility index (Phi) is 2.20. The zero-order valence-electron chi connectivity index (χ0n) is 11.8. The molecule has 6 nitrogen and oxygen atoms in total. The van der Waals surface area contributed by atoms with E-state index in [1.165, 1.54) is 6.92 Å². The Morgan fingerprint density at radius 1 is 1.38 bits per heavy atom. The molecule has 6 heteroatoms. The van der Waals surface area contributed by atoms with Gasteiger partial charge in [-0.1, -0.05) is 12.8 Å². The number of esters is 1. The van der Waals surface area contributed by atoms with Crippen LogP contribution in [0.2, 0.25) is 0 Å². The van der Waals surface area contributed by atoms with Crippen molar-refractivity contribution < 1.29 is 28.9 Å². The van der Waals surface area contributed by atoms with Crippen molar-refractivity contribution >= 4 is 11.8 Å². The highest BCUT2D eigenvalue weighted by molar-refractivity contribution is 5.92. The van der Waals surface area contributed by atoms with Crippen molar-refractivity contribution in [2.45, 2.75) is 43.9 Å². The molecule has 7 atom stereocenters. The van der Waals surface area contributed by atoms with Gasteiger partial charge in [0.2, 0.25) is 6.29 Å². The molecule has 3 heterocycles. The SMILES string of the molecule is C#C[C@]12OC3OC[C@H]4C(=O)O[C@H](C[C@@]4(C)[C@@H]1C3=O)[C@]2(C)O. The summed E-state index contributed by atoms with van der Waals surface area (Å²) in [5.74, 6) is 0.418. The molecule has 4 fully saturated rings. The van der Waals surface area contributed by atoms with Crippen LogP contribution in [-0.4, -0.2) is 47.1 Å². The largest absolute Gasteiger partial charge is 0.459 e. The maximum absolute atomic E-state index is 12.7. The minimum absolute atomic E-state index is 0.0672. The van der Waals surface area contributed by atoms with Crippen molar-refractivity contribution in [2.75, 3.05) is 6.61 Å². The number of carbonyl (C=O) groups is 2. The van der Waals surface area contributed by atoms with Gasteiger partial charge in [-0.05, 0) is 13.3 Å². The number of rotatable bonds is 0. The van der Waals surface area contributed by atoms with E-state index >= 15 is 0 Å². The summed E-state index contributed by atoms with van der Waals surface area (Å²) in [5, 5.41) is 10.9. The Balaban J connectivity index is 2.02. The predicted molar refractivity (Wildman–Crippen MR) is 67.6 cm³/mol. The summed E-state index contributed by atoms with van der Waals surface area (Å²) in [6.07, 6.45) is 4.13. The van der Waals surface area contributed by atoms with E-state index in [1.54, 1.807) is 0 Å². The molecule has 4 rings (SSSR count). The predicted octanol–water partition coefficient (Wildman–Crippen LogP) is -0.367. The molecule has 1 N–H and O–H groups in total. The van der Waals surface area contributed by atoms with Crippen molar-refractivity contribution in [3.05, 3.63) is 0 Å². The zero-order chi connectivity index (χ0) is 15.2. The first-order chi connectivity index (χ1) is 9.78. The Hall–Kier alpha value is -1.42. The standard InChI is InChI=1S/C15H16O6/c1-4-15-10-9(16)12(21-15)19-6-7-11(17)20-8(14(15,3)18)5-13(7,10)2/h1,7-8,10,12,18H,5-6H2,2-3H3/t7-,8+,10-,12?,13+,14-,15-/m0/s1. The number of aliphatic hydroxyl groups is 1. The van der Waals surface area contributed by atoms with Gasteiger partial charge >= 0.3 is 5.97 Å². The lowest BCUT2D eigenvalue weighted by Gasteiger charge is -2.60. The average molecular weight is 292 g/mol. The highest BCUT2D eigenvalue weighted by Gasteiger charge is 2.78. The molecule has 1 aliphatic carbocycles. The molecule has 0 aromatic heterocycles. The molecule has 0 spiro atoms. The second-order valence-electron chi connectivity index (χ2n) is 6.83. The number of ketones is 1. The van der Waals surface area contributed by atoms with Crippen molar-refractivity contribution in [1.29, 1.82) is 0 Å². The lowest BCUT2D eigenvalue weighted by molar-refractivity contribution is -0.305. The summed E-state index contributed by atoms with van der Waals surface area (Å²) >= 11 is 0. The molecule has 3 aliphatic heterocycles. The van der Waals surface area contributed by atoms with Crippen molar-refractivity contribution in [1.82, 2.24) is 0 Å². The quantitative estimate of drug-likeness (QED) is 0.485. The topological polar surface area (TPSA) is 82.1 Å². The fourth-order valence-corrected chi connectivity index (χ4v) is 4.60. The monoisotopic (exact) mass is 292 g/mol. The van der Waals surface area contributed by atoms with Gasteiger partial charge in [0, 0.05) is 5.41 Å². The van der Waals surface area contributed by atoms with Gasteiger partial charge in [-0.15, -0.1) is 6.42 Å². The first-order valence-electron chi connectivity index (χ1n) is 7.02. The first kappa shape index (κ1) is 13.3. The van der Waals surface area contributed by atoms with Crippen LogP contribution in [0.1, 0.15) is 20.3 Å². The summed E-state index contributed by atoms with van der Waals surface area (Å²) in [6, 6.07) is 0. The van der Waals surface area contributed by atoms with E-state index in [0.29, 0.717) is 6.42 Å². The van der Waals surface area contributed by atoms with Gasteiger partial charge in [-0.2, -0.15) is 0 Å². The molecule has 1 saturated carbocycles. The summed E-state index contributed by atoms with van der Waals surface area (Å²) < 4.78 is 16.5. The molecule has 3 saturated heterocycles. The van der Waals surface area contributed by atoms with Crippen LogP contribution in [0.5, 0.6) is 0 Å². The number of carbonyl (C=O) groups excluding carboxylic acids is 2. The second kappa shape index (κ2) is 3.49. The molecule has 0 radical (unpaired) electrons. The van der Waals surface area contributed by atoms with Crippen molar-refractivity contribution in [3.63, 3.8) is 0 Å². The first-order valence-corrected chi connectivity index (χ1v) is 7.02. The highest BCUT2D eigenvalue weighted by atomic mass is 16.7. The third-order valence-corrected chi connectivity index (χ3v) is 5.85. The smallest absolute Gasteiger partial charge is 0.312 e. The van der Waals surface area contributed by atoms with Crippen LogP contribution >= 0.6 is 0 Å². The molecule has 0 amide bonds. The van der Waals surface area contributed by atoms with Crippen LogP contribution in [0, 0.1) is 29.6 Å². The molecule has 4 aliphatic rings. The second-order valence-corrected chi connectivity index (χ2v) is 6.83. The number of hydrogen-bond acceptors (Lipinski definition) is 6. The molecule has 4 bridgehead atoms. The van der Waals surface area contributed by atoms with Crippen molar-refractivity contribution in [2.24, 2.45) is 17.3 Å². The normalized spacial score (nSPS) is 57.6. The van der Waals surface area contributed by atoms with Gasteiger partial charge in [0.15, 0.2) is 11.4 Å². The van der Waals surface area contributed by atoms with Crippen LogP contribution in [0.15, 0.2) is 0 Å². The molecule has 21 heavy (non-hydrogen) atoms. The van der Waals surface area contributed by atoms with Gasteiger partial charge < -0.3 is 19.3 Å². The van der Waals surface area contributed by atoms with Gasteiger partial charge in [-0.25, -0.2) is 0 Å². The van der Waals surface area contributed by atoms with Gasteiger partial charge in [0.1, 0.15) is 11.7 Å². The summed E-state index contributed by atoms with van der Waals surface area (Å²) in [4.78, 5) is 24.9. The summed E-state index contributed by atoms with van der Waals surface area (Å²) in [7, 11) is 0. The third-order valence-electron chi connectivity index (χ3n) is 5.85. The lowest BCUT2D eigenvalue weighted by atomic mass is 9.49. The number of hydrogen-bond donors (Lipinski definition) is 1. The van der Waals surface area contributed by atoms with Gasteiger partial charge in [0.25, 0.3) is 0 Å². The van der Waals surface area contributed by atoms with E-state index in [-0.39, 0.29) is 12.4 Å². The van der Waals surface area contributed by atoms with Crippen LogP contribution < -0.4 is 0 Å². The Labute approximate surface area is 121 Å². The van der Waals surface area contributed by atoms with Gasteiger partial charge in [-0.3, -0.25) is 9.59 Å². The van der Waals surface area contributed by atoms with E-state index in [1.807, 2.05) is 6.92 Å². The van der Waals surface area contributed by atoms with E-state index in [4.69, 9.17) is 20.6 Å². The maximum Gasteiger partial charge on any atom is 0.312 e. The van der Waals surface area contributed by atoms with Crippen LogP contribution in [0.25, 0.3) is 0 Å². The highest BCUT2D eigenvalue weighted by Crippen LogP contribution is 2.63. The molecule has 112 valence electrons. The molecule has 0 aromatic carbocycles. The minimum Gasteiger partial charge on any atom is -0.459 e. The lowest BCUT2D eigenvalue weighted by Crippen LogP contribution is -2.74. The Bertz CT molecular complexity index is 604. The fraction of sp³-hybridized carbons (Fsp3) is 0.733. The van der Waals surface area contributed by atoms with E-state index in [9.17, 15) is 14.7 Å². The Morgan fingerprint density at radius 3 is 2.76 bits per heavy atom. The van der Waals surface area contributed by atoms with Crippen molar-refractivity contribution in [3.8, 4) is 12.3 Å². The van der Waals surface area contributed by atoms with E-state index < -0.39 is 46.8 Å². The summed E-state index contributed by atoms with van der Waals surface area (Å²) in [6.45, 7) is 3.38. The van der Waals surface area contributed by atoms with Crippen LogP contribution in [0.4, 0.5) is 0 Å². The number of fused-ring (bicyclic) bond motifs is 2. The van der Waals surface area contributed by atoms with Crippen LogP contribution in [0.3, 0.4) is 0 Å². The third kappa shape index (κ3) is 1.19. The number of ether oxygens (including phenoxy) is 3. The minimum atomic E-state index is -1.64. The van der Waals surface area contributed by atoms with E-state index in [2.05, 4.69) is 5.92 Å².